The molecule has 2 aromatic carbocycles. The van der Waals surface area contributed by atoms with Crippen molar-refractivity contribution in [1.82, 2.24) is 14.2 Å². The van der Waals surface area contributed by atoms with Gasteiger partial charge in [-0.2, -0.15) is 0 Å². The summed E-state index contributed by atoms with van der Waals surface area (Å²) in [6.07, 6.45) is 7.01. The Kier molecular flexibility index (Phi) is 3.84. The van der Waals surface area contributed by atoms with Crippen LogP contribution in [-0.4, -0.2) is 20.1 Å². The summed E-state index contributed by atoms with van der Waals surface area (Å²) in [6, 6.07) is 15.4. The zero-order valence-electron chi connectivity index (χ0n) is 12.5. The van der Waals surface area contributed by atoms with Gasteiger partial charge in [-0.05, 0) is 18.2 Å². The van der Waals surface area contributed by atoms with Crippen LogP contribution in [0.1, 0.15) is 5.56 Å². The molecule has 0 saturated heterocycles. The first-order valence-electron chi connectivity index (χ1n) is 7.32. The van der Waals surface area contributed by atoms with Crippen molar-refractivity contribution in [2.75, 3.05) is 0 Å². The Morgan fingerprint density at radius 3 is 2.54 bits per heavy atom. The highest BCUT2D eigenvalue weighted by molar-refractivity contribution is 6.35. The molecule has 4 rings (SSSR count). The maximum atomic E-state index is 6.38. The summed E-state index contributed by atoms with van der Waals surface area (Å²) in [5, 5.41) is 6.99. The molecule has 0 N–H and O–H groups in total. The highest BCUT2D eigenvalue weighted by atomic mass is 35.5. The number of benzene rings is 2. The second-order valence-electron chi connectivity index (χ2n) is 5.21. The minimum Gasteiger partial charge on any atom is -0.289 e. The molecule has 0 aliphatic rings. The normalized spacial score (nSPS) is 12.0. The molecule has 0 unspecified atom stereocenters. The van der Waals surface area contributed by atoms with Crippen LogP contribution in [0.15, 0.2) is 78.6 Å². The lowest BCUT2D eigenvalue weighted by molar-refractivity contribution is 0.904. The smallest absolute Gasteiger partial charge is 0.167 e. The van der Waals surface area contributed by atoms with Crippen molar-refractivity contribution in [2.45, 2.75) is 0 Å². The van der Waals surface area contributed by atoms with Gasteiger partial charge in [-0.15, -0.1) is 5.10 Å². The Hall–Kier alpha value is -2.56. The lowest BCUT2D eigenvalue weighted by Crippen LogP contribution is -2.14. The van der Waals surface area contributed by atoms with Crippen LogP contribution in [0, 0.1) is 0 Å². The molecule has 4 aromatic rings. The molecule has 0 saturated carbocycles. The van der Waals surface area contributed by atoms with E-state index in [1.807, 2.05) is 59.3 Å². The van der Waals surface area contributed by atoms with E-state index in [0.717, 1.165) is 16.5 Å². The zero-order valence-corrected chi connectivity index (χ0v) is 14.0. The minimum absolute atomic E-state index is 0.618. The first-order chi connectivity index (χ1) is 11.7. The van der Waals surface area contributed by atoms with E-state index >= 15 is 0 Å². The van der Waals surface area contributed by atoms with E-state index in [1.165, 1.54) is 0 Å². The SMILES string of the molecule is Clc1ccccc1/C(=N\n1cc(Cl)c2ccccc21)n1ccnc1. The molecule has 0 amide bonds. The van der Waals surface area contributed by atoms with Crippen LogP contribution < -0.4 is 0 Å². The van der Waals surface area contributed by atoms with Crippen molar-refractivity contribution in [2.24, 2.45) is 5.10 Å². The summed E-state index contributed by atoms with van der Waals surface area (Å²) in [6.45, 7) is 0. The van der Waals surface area contributed by atoms with E-state index in [-0.39, 0.29) is 0 Å². The fourth-order valence-corrected chi connectivity index (χ4v) is 3.05. The summed E-state index contributed by atoms with van der Waals surface area (Å²) in [5.74, 6) is 0.663. The van der Waals surface area contributed by atoms with Gasteiger partial charge in [0.25, 0.3) is 0 Å². The molecule has 0 spiro atoms. The highest BCUT2D eigenvalue weighted by Gasteiger charge is 2.12. The number of imidazole rings is 1. The topological polar surface area (TPSA) is 35.1 Å². The quantitative estimate of drug-likeness (QED) is 0.372. The zero-order chi connectivity index (χ0) is 16.5. The van der Waals surface area contributed by atoms with Gasteiger partial charge >= 0.3 is 0 Å². The maximum absolute atomic E-state index is 6.38. The third kappa shape index (κ3) is 2.60. The Morgan fingerprint density at radius 2 is 1.75 bits per heavy atom. The standard InChI is InChI=1S/C18H12Cl2N4/c19-15-7-3-1-6-14(15)18(23-10-9-21-12-23)22-24-11-16(20)13-5-2-4-8-17(13)24/h1-12H/b22-18+. The van der Waals surface area contributed by atoms with E-state index in [2.05, 4.69) is 4.98 Å². The molecule has 2 heterocycles. The van der Waals surface area contributed by atoms with Crippen molar-refractivity contribution in [3.05, 3.63) is 89.1 Å². The number of fused-ring (bicyclic) bond motifs is 1. The van der Waals surface area contributed by atoms with Crippen LogP contribution in [0.5, 0.6) is 0 Å². The molecule has 4 nitrogen and oxygen atoms in total. The number of hydrogen-bond donors (Lipinski definition) is 0. The van der Waals surface area contributed by atoms with E-state index in [9.17, 15) is 0 Å². The summed E-state index contributed by atoms with van der Waals surface area (Å²) >= 11 is 12.7. The molecule has 0 bridgehead atoms. The van der Waals surface area contributed by atoms with Crippen LogP contribution in [0.3, 0.4) is 0 Å². The minimum atomic E-state index is 0.618. The number of halogens is 2. The van der Waals surface area contributed by atoms with Crippen molar-refractivity contribution in [3.8, 4) is 0 Å². The summed E-state index contributed by atoms with van der Waals surface area (Å²) < 4.78 is 3.58. The van der Waals surface area contributed by atoms with Crippen molar-refractivity contribution in [1.29, 1.82) is 0 Å². The molecule has 118 valence electrons. The third-order valence-corrected chi connectivity index (χ3v) is 4.34. The fourth-order valence-electron chi connectivity index (χ4n) is 2.58. The van der Waals surface area contributed by atoms with Crippen LogP contribution in [0.25, 0.3) is 10.9 Å². The molecule has 0 atom stereocenters. The van der Waals surface area contributed by atoms with Gasteiger partial charge in [0.15, 0.2) is 5.84 Å². The largest absolute Gasteiger partial charge is 0.289 e. The molecule has 2 aromatic heterocycles. The van der Waals surface area contributed by atoms with Gasteiger partial charge in [-0.25, -0.2) is 9.66 Å². The summed E-state index contributed by atoms with van der Waals surface area (Å²) in [5.41, 5.74) is 1.73. The number of para-hydroxylation sites is 1. The van der Waals surface area contributed by atoms with Crippen molar-refractivity contribution < 1.29 is 0 Å². The number of aromatic nitrogens is 3. The van der Waals surface area contributed by atoms with Crippen LogP contribution in [0.4, 0.5) is 0 Å². The summed E-state index contributed by atoms with van der Waals surface area (Å²) in [4.78, 5) is 4.11. The van der Waals surface area contributed by atoms with Crippen LogP contribution in [0.2, 0.25) is 10.0 Å². The van der Waals surface area contributed by atoms with Crippen molar-refractivity contribution >= 4 is 39.9 Å². The number of hydrogen-bond acceptors (Lipinski definition) is 2. The van der Waals surface area contributed by atoms with E-state index in [1.54, 1.807) is 23.4 Å². The van der Waals surface area contributed by atoms with Crippen molar-refractivity contribution in [3.63, 3.8) is 0 Å². The van der Waals surface area contributed by atoms with Gasteiger partial charge in [0, 0.05) is 29.5 Å². The Morgan fingerprint density at radius 1 is 0.958 bits per heavy atom. The van der Waals surface area contributed by atoms with Gasteiger partial charge in [-0.1, -0.05) is 53.5 Å². The monoisotopic (exact) mass is 354 g/mol. The van der Waals surface area contributed by atoms with Gasteiger partial charge < -0.3 is 0 Å². The fraction of sp³-hybridized carbons (Fsp3) is 0. The molecule has 24 heavy (non-hydrogen) atoms. The molecule has 0 aliphatic carbocycles. The van der Waals surface area contributed by atoms with Gasteiger partial charge in [-0.3, -0.25) is 4.57 Å². The van der Waals surface area contributed by atoms with Crippen LogP contribution >= 0.6 is 23.2 Å². The van der Waals surface area contributed by atoms with E-state index in [0.29, 0.717) is 15.9 Å². The third-order valence-electron chi connectivity index (χ3n) is 3.71. The lowest BCUT2D eigenvalue weighted by Gasteiger charge is -2.10. The van der Waals surface area contributed by atoms with Gasteiger partial charge in [0.2, 0.25) is 0 Å². The maximum Gasteiger partial charge on any atom is 0.167 e. The first kappa shape index (κ1) is 15.0. The first-order valence-corrected chi connectivity index (χ1v) is 8.07. The molecule has 6 heteroatoms. The molecular formula is C18H12Cl2N4. The lowest BCUT2D eigenvalue weighted by atomic mass is 10.2. The highest BCUT2D eigenvalue weighted by Crippen LogP contribution is 2.26. The Balaban J connectivity index is 1.97. The molecule has 0 aliphatic heterocycles. The second kappa shape index (κ2) is 6.15. The van der Waals surface area contributed by atoms with E-state index < -0.39 is 0 Å². The number of rotatable bonds is 2. The predicted molar refractivity (Wildman–Crippen MR) is 98.0 cm³/mol. The molecule has 0 fully saturated rings. The van der Waals surface area contributed by atoms with Gasteiger partial charge in [0.05, 0.1) is 15.6 Å². The van der Waals surface area contributed by atoms with Gasteiger partial charge in [0.1, 0.15) is 6.33 Å². The number of nitrogens with zero attached hydrogens (tertiary/aromatic N) is 4. The second-order valence-corrected chi connectivity index (χ2v) is 6.03. The Labute approximate surface area is 148 Å². The summed E-state index contributed by atoms with van der Waals surface area (Å²) in [7, 11) is 0. The molecular weight excluding hydrogens is 343 g/mol. The Bertz CT molecular complexity index is 1030. The average molecular weight is 355 g/mol. The predicted octanol–water partition coefficient (Wildman–Crippen LogP) is 4.90. The van der Waals surface area contributed by atoms with E-state index in [4.69, 9.17) is 28.3 Å². The molecule has 0 radical (unpaired) electrons. The van der Waals surface area contributed by atoms with Crippen LogP contribution in [-0.2, 0) is 0 Å². The average Bonchev–Trinajstić information content (AvgIpc) is 3.23.